The van der Waals surface area contributed by atoms with Crippen LogP contribution in [0.25, 0.3) is 11.3 Å². The fourth-order valence-electron chi connectivity index (χ4n) is 3.10. The van der Waals surface area contributed by atoms with Crippen molar-refractivity contribution < 1.29 is 23.6 Å². The zero-order valence-corrected chi connectivity index (χ0v) is 19.3. The molecule has 0 fully saturated rings. The summed E-state index contributed by atoms with van der Waals surface area (Å²) in [5, 5.41) is 17.3. The minimum absolute atomic E-state index is 0.223. The van der Waals surface area contributed by atoms with Crippen LogP contribution < -0.4 is 19.0 Å². The summed E-state index contributed by atoms with van der Waals surface area (Å²) in [5.41, 5.74) is 2.08. The third-order valence-electron chi connectivity index (χ3n) is 4.74. The predicted molar refractivity (Wildman–Crippen MR) is 127 cm³/mol. The van der Waals surface area contributed by atoms with Gasteiger partial charge in [0.05, 0.1) is 45.0 Å². The standard InChI is InChI=1S/C23H20N4O6S/c1-30-16-6-4-5-15(11-16)25-23-26(24-13-18-8-10-22(33-18)27(28)29)20(14-34-23)19-12-17(31-2)7-9-21(19)32-3/h4-14H,1-3H3. The molecule has 0 atom stereocenters. The molecule has 11 heteroatoms. The fourth-order valence-corrected chi connectivity index (χ4v) is 3.95. The van der Waals surface area contributed by atoms with E-state index in [1.165, 1.54) is 29.7 Å². The van der Waals surface area contributed by atoms with Crippen molar-refractivity contribution in [2.45, 2.75) is 0 Å². The Labute approximate surface area is 198 Å². The van der Waals surface area contributed by atoms with Gasteiger partial charge in [0.25, 0.3) is 0 Å². The molecule has 2 aromatic heterocycles. The molecule has 0 radical (unpaired) electrons. The molecule has 0 aliphatic heterocycles. The smallest absolute Gasteiger partial charge is 0.433 e. The normalized spacial score (nSPS) is 11.7. The molecule has 2 heterocycles. The van der Waals surface area contributed by atoms with Gasteiger partial charge in [0.2, 0.25) is 4.80 Å². The largest absolute Gasteiger partial charge is 0.497 e. The molecule has 10 nitrogen and oxygen atoms in total. The molecule has 4 aromatic rings. The Bertz CT molecular complexity index is 1420. The van der Waals surface area contributed by atoms with E-state index in [2.05, 4.69) is 5.10 Å². The van der Waals surface area contributed by atoms with Crippen LogP contribution >= 0.6 is 11.3 Å². The highest BCUT2D eigenvalue weighted by atomic mass is 32.1. The summed E-state index contributed by atoms with van der Waals surface area (Å²) in [6.45, 7) is 0. The maximum absolute atomic E-state index is 10.9. The van der Waals surface area contributed by atoms with Gasteiger partial charge < -0.3 is 18.6 Å². The molecule has 174 valence electrons. The molecule has 0 aliphatic carbocycles. The number of nitro groups is 1. The van der Waals surface area contributed by atoms with Crippen LogP contribution in [0.1, 0.15) is 5.76 Å². The van der Waals surface area contributed by atoms with E-state index in [0.717, 1.165) is 5.56 Å². The van der Waals surface area contributed by atoms with E-state index < -0.39 is 4.92 Å². The first-order chi connectivity index (χ1) is 16.5. The number of methoxy groups -OCH3 is 3. The van der Waals surface area contributed by atoms with E-state index in [0.29, 0.717) is 33.4 Å². The maximum atomic E-state index is 10.9. The number of furan rings is 1. The quantitative estimate of drug-likeness (QED) is 0.202. The van der Waals surface area contributed by atoms with Crippen molar-refractivity contribution in [3.63, 3.8) is 0 Å². The van der Waals surface area contributed by atoms with Crippen LogP contribution in [0.5, 0.6) is 17.2 Å². The van der Waals surface area contributed by atoms with Crippen molar-refractivity contribution in [1.29, 1.82) is 0 Å². The van der Waals surface area contributed by atoms with Gasteiger partial charge in [0.15, 0.2) is 5.76 Å². The summed E-state index contributed by atoms with van der Waals surface area (Å²) in [5.74, 6) is 1.79. The number of rotatable bonds is 8. The Morgan fingerprint density at radius 1 is 1.03 bits per heavy atom. The highest BCUT2D eigenvalue weighted by molar-refractivity contribution is 7.07. The summed E-state index contributed by atoms with van der Waals surface area (Å²) in [7, 11) is 4.75. The molecular formula is C23H20N4O6S. The third-order valence-corrected chi connectivity index (χ3v) is 5.56. The first kappa shape index (κ1) is 22.8. The van der Waals surface area contributed by atoms with Gasteiger partial charge >= 0.3 is 5.88 Å². The molecule has 0 bridgehead atoms. The second-order valence-electron chi connectivity index (χ2n) is 6.77. The third kappa shape index (κ3) is 4.84. The Morgan fingerprint density at radius 3 is 2.53 bits per heavy atom. The molecule has 0 N–H and O–H groups in total. The van der Waals surface area contributed by atoms with Gasteiger partial charge in [0, 0.05) is 17.0 Å². The number of hydrogen-bond acceptors (Lipinski definition) is 9. The lowest BCUT2D eigenvalue weighted by atomic mass is 10.1. The van der Waals surface area contributed by atoms with Gasteiger partial charge in [-0.15, -0.1) is 11.3 Å². The van der Waals surface area contributed by atoms with E-state index in [9.17, 15) is 10.1 Å². The number of thiazole rings is 1. The molecule has 0 unspecified atom stereocenters. The van der Waals surface area contributed by atoms with E-state index in [1.54, 1.807) is 44.2 Å². The van der Waals surface area contributed by atoms with Crippen LogP contribution in [0, 0.1) is 10.1 Å². The van der Waals surface area contributed by atoms with Gasteiger partial charge in [-0.1, -0.05) is 6.07 Å². The second-order valence-corrected chi connectivity index (χ2v) is 7.61. The molecule has 4 rings (SSSR count). The minimum Gasteiger partial charge on any atom is -0.497 e. The topological polar surface area (TPSA) is 114 Å². The van der Waals surface area contributed by atoms with E-state index >= 15 is 0 Å². The summed E-state index contributed by atoms with van der Waals surface area (Å²) in [4.78, 5) is 15.6. The summed E-state index contributed by atoms with van der Waals surface area (Å²) in [6.07, 6.45) is 1.39. The number of hydrogen-bond donors (Lipinski definition) is 0. The summed E-state index contributed by atoms with van der Waals surface area (Å²) in [6, 6.07) is 15.5. The van der Waals surface area contributed by atoms with Gasteiger partial charge in [0.1, 0.15) is 22.2 Å². The lowest BCUT2D eigenvalue weighted by Crippen LogP contribution is -2.11. The minimum atomic E-state index is -0.606. The van der Waals surface area contributed by atoms with Crippen molar-refractivity contribution in [3.05, 3.63) is 80.7 Å². The van der Waals surface area contributed by atoms with Crippen LogP contribution in [0.4, 0.5) is 11.6 Å². The van der Waals surface area contributed by atoms with Crippen molar-refractivity contribution in [2.75, 3.05) is 21.3 Å². The summed E-state index contributed by atoms with van der Waals surface area (Å²) >= 11 is 1.36. The van der Waals surface area contributed by atoms with Gasteiger partial charge in [-0.2, -0.15) is 5.10 Å². The van der Waals surface area contributed by atoms with E-state index in [4.69, 9.17) is 23.6 Å². The van der Waals surface area contributed by atoms with E-state index in [1.807, 2.05) is 29.6 Å². The molecule has 2 aromatic carbocycles. The molecular weight excluding hydrogens is 460 g/mol. The Balaban J connectivity index is 1.88. The van der Waals surface area contributed by atoms with Crippen molar-refractivity contribution >= 4 is 29.1 Å². The number of ether oxygens (including phenoxy) is 3. The molecule has 0 spiro atoms. The maximum Gasteiger partial charge on any atom is 0.433 e. The van der Waals surface area contributed by atoms with Crippen LogP contribution in [0.2, 0.25) is 0 Å². The highest BCUT2D eigenvalue weighted by Gasteiger charge is 2.15. The molecule has 0 amide bonds. The highest BCUT2D eigenvalue weighted by Crippen LogP contribution is 2.34. The lowest BCUT2D eigenvalue weighted by Gasteiger charge is -2.11. The fraction of sp³-hybridized carbons (Fsp3) is 0.130. The van der Waals surface area contributed by atoms with Crippen LogP contribution in [-0.2, 0) is 0 Å². The SMILES string of the molecule is COc1cccc(N=c2scc(-c3cc(OC)ccc3OC)n2N=Cc2ccc([N+](=O)[O-])o2)c1. The van der Waals surface area contributed by atoms with Crippen molar-refractivity contribution in [2.24, 2.45) is 10.1 Å². The van der Waals surface area contributed by atoms with Gasteiger partial charge in [-0.25, -0.2) is 9.67 Å². The van der Waals surface area contributed by atoms with Crippen LogP contribution in [0.15, 0.2) is 74.5 Å². The number of benzene rings is 2. The zero-order chi connectivity index (χ0) is 24.1. The number of nitrogens with zero attached hydrogens (tertiary/aromatic N) is 4. The average Bonchev–Trinajstić information content (AvgIpc) is 3.49. The van der Waals surface area contributed by atoms with Crippen molar-refractivity contribution in [3.8, 4) is 28.5 Å². The molecule has 0 saturated carbocycles. The predicted octanol–water partition coefficient (Wildman–Crippen LogP) is 4.86. The molecule has 0 aliphatic rings. The van der Waals surface area contributed by atoms with Gasteiger partial charge in [-0.05, 0) is 36.4 Å². The van der Waals surface area contributed by atoms with Crippen LogP contribution in [-0.4, -0.2) is 37.1 Å². The first-order valence-electron chi connectivity index (χ1n) is 9.92. The average molecular weight is 481 g/mol. The molecule has 34 heavy (non-hydrogen) atoms. The Hall–Kier alpha value is -4.38. The van der Waals surface area contributed by atoms with Crippen LogP contribution in [0.3, 0.4) is 0 Å². The Morgan fingerprint density at radius 2 is 1.82 bits per heavy atom. The first-order valence-corrected chi connectivity index (χ1v) is 10.8. The monoisotopic (exact) mass is 480 g/mol. The lowest BCUT2D eigenvalue weighted by molar-refractivity contribution is -0.402. The number of aromatic nitrogens is 1. The van der Waals surface area contributed by atoms with Gasteiger partial charge in [-0.3, -0.25) is 10.1 Å². The summed E-state index contributed by atoms with van der Waals surface area (Å²) < 4.78 is 23.0. The second kappa shape index (κ2) is 10.0. The zero-order valence-electron chi connectivity index (χ0n) is 18.5. The van der Waals surface area contributed by atoms with Crippen molar-refractivity contribution in [1.82, 2.24) is 4.68 Å². The Kier molecular flexibility index (Phi) is 6.74. The molecule has 0 saturated heterocycles. The van der Waals surface area contributed by atoms with E-state index in [-0.39, 0.29) is 11.6 Å².